The summed E-state index contributed by atoms with van der Waals surface area (Å²) in [5.74, 6) is -0.223. The van der Waals surface area contributed by atoms with E-state index in [1.54, 1.807) is 41.0 Å². The van der Waals surface area contributed by atoms with Crippen LogP contribution < -0.4 is 5.32 Å². The van der Waals surface area contributed by atoms with E-state index in [0.29, 0.717) is 37.4 Å². The molecule has 0 atom stereocenters. The van der Waals surface area contributed by atoms with Crippen molar-refractivity contribution in [1.82, 2.24) is 9.80 Å². The Balaban J connectivity index is 1.73. The number of benzene rings is 1. The Morgan fingerprint density at radius 2 is 1.78 bits per heavy atom. The summed E-state index contributed by atoms with van der Waals surface area (Å²) in [6.07, 6.45) is 2.19. The van der Waals surface area contributed by atoms with Gasteiger partial charge in [0.05, 0.1) is 6.26 Å². The van der Waals surface area contributed by atoms with E-state index >= 15 is 0 Å². The molecule has 1 aromatic heterocycles. The van der Waals surface area contributed by atoms with Gasteiger partial charge in [0.25, 0.3) is 11.8 Å². The SMILES string of the molecule is CC(=O)N1CCCN(C(=O)c2ccc(C)c(NC(=O)c3ccco3)c2)CC1. The minimum Gasteiger partial charge on any atom is -0.459 e. The van der Waals surface area contributed by atoms with Crippen molar-refractivity contribution in [2.24, 2.45) is 0 Å². The van der Waals surface area contributed by atoms with Gasteiger partial charge in [0.1, 0.15) is 0 Å². The average Bonchev–Trinajstić information content (AvgIpc) is 3.07. The Hall–Kier alpha value is -3.09. The Kier molecular flexibility index (Phi) is 5.59. The monoisotopic (exact) mass is 369 g/mol. The lowest BCUT2D eigenvalue weighted by Gasteiger charge is -2.22. The first-order valence-electron chi connectivity index (χ1n) is 8.96. The normalized spacial score (nSPS) is 14.6. The van der Waals surface area contributed by atoms with Crippen molar-refractivity contribution in [2.75, 3.05) is 31.5 Å². The summed E-state index contributed by atoms with van der Waals surface area (Å²) in [6, 6.07) is 8.48. The van der Waals surface area contributed by atoms with Crippen LogP contribution in [0.2, 0.25) is 0 Å². The summed E-state index contributed by atoms with van der Waals surface area (Å²) < 4.78 is 5.10. The van der Waals surface area contributed by atoms with Gasteiger partial charge in [-0.1, -0.05) is 6.07 Å². The number of nitrogens with one attached hydrogen (secondary N) is 1. The molecular formula is C20H23N3O4. The summed E-state index contributed by atoms with van der Waals surface area (Å²) in [5, 5.41) is 2.79. The van der Waals surface area contributed by atoms with Crippen molar-refractivity contribution in [3.8, 4) is 0 Å². The highest BCUT2D eigenvalue weighted by molar-refractivity contribution is 6.04. The molecule has 1 aliphatic heterocycles. The summed E-state index contributed by atoms with van der Waals surface area (Å²) >= 11 is 0. The van der Waals surface area contributed by atoms with Crippen LogP contribution in [0.15, 0.2) is 41.0 Å². The molecule has 1 aliphatic rings. The minimum atomic E-state index is -0.362. The second-order valence-corrected chi connectivity index (χ2v) is 6.61. The maximum Gasteiger partial charge on any atom is 0.291 e. The van der Waals surface area contributed by atoms with Crippen molar-refractivity contribution >= 4 is 23.4 Å². The maximum atomic E-state index is 12.9. The van der Waals surface area contributed by atoms with E-state index in [0.717, 1.165) is 12.0 Å². The summed E-state index contributed by atoms with van der Waals surface area (Å²) in [5.41, 5.74) is 1.93. The molecule has 0 spiro atoms. The van der Waals surface area contributed by atoms with Gasteiger partial charge in [-0.3, -0.25) is 14.4 Å². The van der Waals surface area contributed by atoms with Crippen molar-refractivity contribution in [2.45, 2.75) is 20.3 Å². The lowest BCUT2D eigenvalue weighted by molar-refractivity contribution is -0.128. The largest absolute Gasteiger partial charge is 0.459 e. The first kappa shape index (κ1) is 18.7. The maximum absolute atomic E-state index is 12.9. The number of furan rings is 1. The van der Waals surface area contributed by atoms with Crippen LogP contribution in [0.4, 0.5) is 5.69 Å². The quantitative estimate of drug-likeness (QED) is 0.901. The van der Waals surface area contributed by atoms with Gasteiger partial charge in [0, 0.05) is 44.4 Å². The zero-order valence-electron chi connectivity index (χ0n) is 15.5. The van der Waals surface area contributed by atoms with Gasteiger partial charge in [-0.2, -0.15) is 0 Å². The topological polar surface area (TPSA) is 82.9 Å². The smallest absolute Gasteiger partial charge is 0.291 e. The van der Waals surface area contributed by atoms with E-state index in [9.17, 15) is 14.4 Å². The number of carbonyl (C=O) groups is 3. The molecule has 27 heavy (non-hydrogen) atoms. The van der Waals surface area contributed by atoms with Crippen molar-refractivity contribution in [3.63, 3.8) is 0 Å². The molecule has 1 fully saturated rings. The van der Waals surface area contributed by atoms with Crippen molar-refractivity contribution in [1.29, 1.82) is 0 Å². The number of hydrogen-bond acceptors (Lipinski definition) is 4. The molecule has 7 nitrogen and oxygen atoms in total. The predicted octanol–water partition coefficient (Wildman–Crippen LogP) is 2.53. The highest BCUT2D eigenvalue weighted by Crippen LogP contribution is 2.20. The van der Waals surface area contributed by atoms with Crippen LogP contribution in [0.1, 0.15) is 39.8 Å². The summed E-state index contributed by atoms with van der Waals surface area (Å²) in [4.78, 5) is 40.2. The number of nitrogens with zero attached hydrogens (tertiary/aromatic N) is 2. The van der Waals surface area contributed by atoms with Crippen LogP contribution in [0.5, 0.6) is 0 Å². The number of anilines is 1. The Bertz CT molecular complexity index is 845. The molecule has 1 aromatic carbocycles. The zero-order chi connectivity index (χ0) is 19.4. The van der Waals surface area contributed by atoms with Crippen LogP contribution in [0, 0.1) is 6.92 Å². The average molecular weight is 369 g/mol. The van der Waals surface area contributed by atoms with E-state index in [4.69, 9.17) is 4.42 Å². The summed E-state index contributed by atoms with van der Waals surface area (Å²) in [6.45, 7) is 5.71. The molecule has 3 rings (SSSR count). The van der Waals surface area contributed by atoms with Crippen molar-refractivity contribution in [3.05, 3.63) is 53.5 Å². The van der Waals surface area contributed by atoms with Crippen LogP contribution in [-0.4, -0.2) is 53.7 Å². The zero-order valence-corrected chi connectivity index (χ0v) is 15.5. The third-order valence-corrected chi connectivity index (χ3v) is 4.71. The Morgan fingerprint density at radius 3 is 2.48 bits per heavy atom. The molecule has 0 radical (unpaired) electrons. The van der Waals surface area contributed by atoms with E-state index in [-0.39, 0.29) is 23.5 Å². The Morgan fingerprint density at radius 1 is 1.04 bits per heavy atom. The summed E-state index contributed by atoms with van der Waals surface area (Å²) in [7, 11) is 0. The van der Waals surface area contributed by atoms with Gasteiger partial charge < -0.3 is 19.5 Å². The van der Waals surface area contributed by atoms with E-state index < -0.39 is 0 Å². The minimum absolute atomic E-state index is 0.0301. The highest BCUT2D eigenvalue weighted by Gasteiger charge is 2.22. The molecule has 7 heteroatoms. The van der Waals surface area contributed by atoms with Gasteiger partial charge in [0.2, 0.25) is 5.91 Å². The molecule has 1 saturated heterocycles. The molecular weight excluding hydrogens is 346 g/mol. The van der Waals surface area contributed by atoms with E-state index in [1.165, 1.54) is 6.26 Å². The van der Waals surface area contributed by atoms with Gasteiger partial charge in [-0.05, 0) is 43.2 Å². The van der Waals surface area contributed by atoms with Gasteiger partial charge in [-0.25, -0.2) is 0 Å². The standard InChI is InChI=1S/C20H23N3O4/c1-14-6-7-16(13-17(14)21-19(25)18-5-3-12-27-18)20(26)23-9-4-8-22(10-11-23)15(2)24/h3,5-7,12-13H,4,8-11H2,1-2H3,(H,21,25). The Labute approximate surface area is 157 Å². The number of aryl methyl sites for hydroxylation is 1. The molecule has 1 N–H and O–H groups in total. The number of rotatable bonds is 3. The molecule has 0 saturated carbocycles. The second kappa shape index (κ2) is 8.07. The fraction of sp³-hybridized carbons (Fsp3) is 0.350. The van der Waals surface area contributed by atoms with Gasteiger partial charge in [-0.15, -0.1) is 0 Å². The molecule has 0 unspecified atom stereocenters. The number of hydrogen-bond donors (Lipinski definition) is 1. The molecule has 2 heterocycles. The highest BCUT2D eigenvalue weighted by atomic mass is 16.3. The molecule has 3 amide bonds. The first-order chi connectivity index (χ1) is 13.0. The number of amides is 3. The molecule has 142 valence electrons. The van der Waals surface area contributed by atoms with Crippen LogP contribution in [-0.2, 0) is 4.79 Å². The van der Waals surface area contributed by atoms with Crippen LogP contribution >= 0.6 is 0 Å². The van der Waals surface area contributed by atoms with Crippen LogP contribution in [0.25, 0.3) is 0 Å². The van der Waals surface area contributed by atoms with Gasteiger partial charge in [0.15, 0.2) is 5.76 Å². The second-order valence-electron chi connectivity index (χ2n) is 6.61. The van der Waals surface area contributed by atoms with E-state index in [1.807, 2.05) is 13.0 Å². The van der Waals surface area contributed by atoms with Crippen LogP contribution in [0.3, 0.4) is 0 Å². The van der Waals surface area contributed by atoms with E-state index in [2.05, 4.69) is 5.32 Å². The molecule has 0 aliphatic carbocycles. The molecule has 0 bridgehead atoms. The fourth-order valence-electron chi connectivity index (χ4n) is 3.10. The van der Waals surface area contributed by atoms with Gasteiger partial charge >= 0.3 is 0 Å². The fourth-order valence-corrected chi connectivity index (χ4v) is 3.10. The third-order valence-electron chi connectivity index (χ3n) is 4.71. The lowest BCUT2D eigenvalue weighted by Crippen LogP contribution is -2.36. The lowest BCUT2D eigenvalue weighted by atomic mass is 10.1. The number of carbonyl (C=O) groups excluding carboxylic acids is 3. The predicted molar refractivity (Wildman–Crippen MR) is 101 cm³/mol. The van der Waals surface area contributed by atoms with Crippen molar-refractivity contribution < 1.29 is 18.8 Å². The third kappa shape index (κ3) is 4.36. The molecule has 2 aromatic rings. The first-order valence-corrected chi connectivity index (χ1v) is 8.96.